The average molecular weight is 168 g/mol. The molecule has 2 heteroatoms. The maximum Gasteiger partial charge on any atom is 0.0661 e. The molecule has 2 aliphatic heterocycles. The van der Waals surface area contributed by atoms with Crippen molar-refractivity contribution in [2.24, 2.45) is 23.7 Å². The Labute approximate surface area is 72.9 Å². The molecule has 1 saturated carbocycles. The summed E-state index contributed by atoms with van der Waals surface area (Å²) in [6.45, 7) is 4.26. The van der Waals surface area contributed by atoms with E-state index < -0.39 is 0 Å². The van der Waals surface area contributed by atoms with Crippen molar-refractivity contribution in [3.05, 3.63) is 0 Å². The molecule has 0 amide bonds. The Morgan fingerprint density at radius 1 is 1.08 bits per heavy atom. The van der Waals surface area contributed by atoms with Gasteiger partial charge < -0.3 is 9.84 Å². The third kappa shape index (κ3) is 0.686. The Morgan fingerprint density at radius 3 is 2.08 bits per heavy atom. The number of hydrogen-bond donors (Lipinski definition) is 1. The van der Waals surface area contributed by atoms with E-state index in [4.69, 9.17) is 4.74 Å². The zero-order valence-corrected chi connectivity index (χ0v) is 7.60. The van der Waals surface area contributed by atoms with E-state index in [2.05, 4.69) is 13.8 Å². The van der Waals surface area contributed by atoms with E-state index in [-0.39, 0.29) is 6.10 Å². The summed E-state index contributed by atoms with van der Waals surface area (Å²) in [5, 5.41) is 9.89. The summed E-state index contributed by atoms with van der Waals surface area (Å²) in [5.74, 6) is 2.30. The molecule has 12 heavy (non-hydrogen) atoms. The molecule has 3 fully saturated rings. The van der Waals surface area contributed by atoms with Gasteiger partial charge in [-0.05, 0) is 18.3 Å². The summed E-state index contributed by atoms with van der Waals surface area (Å²) in [5.41, 5.74) is 0. The van der Waals surface area contributed by atoms with Crippen LogP contribution in [0.1, 0.15) is 20.3 Å². The van der Waals surface area contributed by atoms with Crippen LogP contribution in [0.15, 0.2) is 0 Å². The minimum absolute atomic E-state index is 0.124. The molecule has 0 aromatic heterocycles. The van der Waals surface area contributed by atoms with Crippen molar-refractivity contribution < 1.29 is 9.84 Å². The van der Waals surface area contributed by atoms with Crippen LogP contribution in [0.5, 0.6) is 0 Å². The van der Waals surface area contributed by atoms with Crippen molar-refractivity contribution >= 4 is 0 Å². The number of hydrogen-bond acceptors (Lipinski definition) is 2. The second-order valence-electron chi connectivity index (χ2n) is 4.84. The highest BCUT2D eigenvalue weighted by Crippen LogP contribution is 2.59. The number of aliphatic hydroxyl groups is 1. The average Bonchev–Trinajstić information content (AvgIpc) is 2.76. The maximum absolute atomic E-state index is 9.89. The van der Waals surface area contributed by atoms with Crippen molar-refractivity contribution in [1.29, 1.82) is 0 Å². The largest absolute Gasteiger partial charge is 0.392 e. The second kappa shape index (κ2) is 2.05. The predicted molar refractivity (Wildman–Crippen MR) is 44.6 cm³/mol. The molecular weight excluding hydrogens is 152 g/mol. The van der Waals surface area contributed by atoms with Crippen LogP contribution in [0, 0.1) is 23.7 Å². The molecule has 2 heterocycles. The van der Waals surface area contributed by atoms with Crippen molar-refractivity contribution in [3.63, 3.8) is 0 Å². The Morgan fingerprint density at radius 2 is 1.58 bits per heavy atom. The maximum atomic E-state index is 9.89. The van der Waals surface area contributed by atoms with Gasteiger partial charge in [-0.2, -0.15) is 0 Å². The number of aliphatic hydroxyl groups excluding tert-OH is 1. The molecule has 1 aliphatic carbocycles. The van der Waals surface area contributed by atoms with Gasteiger partial charge in [0.1, 0.15) is 0 Å². The molecule has 1 N–H and O–H groups in total. The van der Waals surface area contributed by atoms with Gasteiger partial charge in [0.15, 0.2) is 0 Å². The van der Waals surface area contributed by atoms with Crippen LogP contribution >= 0.6 is 0 Å². The second-order valence-corrected chi connectivity index (χ2v) is 4.84. The molecule has 1 unspecified atom stereocenters. The van der Waals surface area contributed by atoms with Gasteiger partial charge in [-0.15, -0.1) is 0 Å². The third-order valence-corrected chi connectivity index (χ3v) is 4.16. The van der Waals surface area contributed by atoms with Crippen LogP contribution in [-0.4, -0.2) is 23.4 Å². The monoisotopic (exact) mass is 168 g/mol. The fourth-order valence-corrected chi connectivity index (χ4v) is 3.27. The molecule has 2 nitrogen and oxygen atoms in total. The Kier molecular flexibility index (Phi) is 1.25. The summed E-state index contributed by atoms with van der Waals surface area (Å²) >= 11 is 0. The number of rotatable bonds is 0. The van der Waals surface area contributed by atoms with Crippen LogP contribution in [0.25, 0.3) is 0 Å². The topological polar surface area (TPSA) is 29.5 Å². The minimum Gasteiger partial charge on any atom is -0.392 e. The van der Waals surface area contributed by atoms with Gasteiger partial charge in [0, 0.05) is 11.8 Å². The molecule has 2 saturated heterocycles. The standard InChI is InChI=1S/C10H16O2/c1-4-8(11)5(2)10-7-3-6(7)9(4)12-10/h4-11H,3H2,1-2H3/t4-,5+,6-,7+,8?,9+,10-. The lowest BCUT2D eigenvalue weighted by molar-refractivity contribution is -0.144. The zero-order valence-electron chi connectivity index (χ0n) is 7.60. The van der Waals surface area contributed by atoms with Crippen molar-refractivity contribution in [3.8, 4) is 0 Å². The summed E-state index contributed by atoms with van der Waals surface area (Å²) in [6, 6.07) is 0. The highest BCUT2D eigenvalue weighted by atomic mass is 16.5. The van der Waals surface area contributed by atoms with Crippen LogP contribution < -0.4 is 0 Å². The molecule has 3 rings (SSSR count). The van der Waals surface area contributed by atoms with Crippen LogP contribution in [0.3, 0.4) is 0 Å². The van der Waals surface area contributed by atoms with Crippen LogP contribution in [0.2, 0.25) is 0 Å². The van der Waals surface area contributed by atoms with Crippen molar-refractivity contribution in [2.45, 2.75) is 38.6 Å². The minimum atomic E-state index is -0.124. The quantitative estimate of drug-likeness (QED) is 0.585. The van der Waals surface area contributed by atoms with Gasteiger partial charge in [-0.3, -0.25) is 0 Å². The van der Waals surface area contributed by atoms with E-state index in [0.29, 0.717) is 24.0 Å². The summed E-state index contributed by atoms with van der Waals surface area (Å²) in [6.07, 6.45) is 2.00. The summed E-state index contributed by atoms with van der Waals surface area (Å²) < 4.78 is 5.89. The van der Waals surface area contributed by atoms with Gasteiger partial charge >= 0.3 is 0 Å². The SMILES string of the molecule is C[C@@H]1C(O)[C@H](C)[C@H]2O[C@@H]1[C@@H]1C[C@@H]12. The first-order valence-corrected chi connectivity index (χ1v) is 5.03. The van der Waals surface area contributed by atoms with Gasteiger partial charge in [-0.25, -0.2) is 0 Å². The molecule has 0 aromatic carbocycles. The summed E-state index contributed by atoms with van der Waals surface area (Å²) in [4.78, 5) is 0. The first-order valence-electron chi connectivity index (χ1n) is 5.03. The Bertz CT molecular complexity index is 196. The van der Waals surface area contributed by atoms with E-state index in [1.807, 2.05) is 0 Å². The van der Waals surface area contributed by atoms with E-state index in [0.717, 1.165) is 11.8 Å². The third-order valence-electron chi connectivity index (χ3n) is 4.16. The molecule has 0 aromatic rings. The first kappa shape index (κ1) is 7.34. The van der Waals surface area contributed by atoms with Gasteiger partial charge in [0.25, 0.3) is 0 Å². The van der Waals surface area contributed by atoms with E-state index >= 15 is 0 Å². The van der Waals surface area contributed by atoms with Gasteiger partial charge in [0.05, 0.1) is 18.3 Å². The smallest absolute Gasteiger partial charge is 0.0661 e. The highest BCUT2D eigenvalue weighted by Gasteiger charge is 2.63. The fourth-order valence-electron chi connectivity index (χ4n) is 3.27. The lowest BCUT2D eigenvalue weighted by Crippen LogP contribution is -2.46. The number of ether oxygens (including phenoxy) is 1. The predicted octanol–water partition coefficient (Wildman–Crippen LogP) is 1.04. The molecular formula is C10H16O2. The Balaban J connectivity index is 1.93. The molecule has 0 spiro atoms. The fraction of sp³-hybridized carbons (Fsp3) is 1.00. The Hall–Kier alpha value is -0.0800. The van der Waals surface area contributed by atoms with Gasteiger partial charge in [0.2, 0.25) is 0 Å². The summed E-state index contributed by atoms with van der Waals surface area (Å²) in [7, 11) is 0. The van der Waals surface area contributed by atoms with Crippen molar-refractivity contribution in [2.75, 3.05) is 0 Å². The molecule has 3 aliphatic rings. The van der Waals surface area contributed by atoms with Crippen LogP contribution in [-0.2, 0) is 4.74 Å². The van der Waals surface area contributed by atoms with Gasteiger partial charge in [-0.1, -0.05) is 13.8 Å². The molecule has 0 radical (unpaired) electrons. The zero-order chi connectivity index (χ0) is 8.46. The van der Waals surface area contributed by atoms with E-state index in [1.54, 1.807) is 0 Å². The van der Waals surface area contributed by atoms with Crippen LogP contribution in [0.4, 0.5) is 0 Å². The highest BCUT2D eigenvalue weighted by molar-refractivity contribution is 5.10. The van der Waals surface area contributed by atoms with Crippen molar-refractivity contribution in [1.82, 2.24) is 0 Å². The van der Waals surface area contributed by atoms with E-state index in [9.17, 15) is 5.11 Å². The molecule has 68 valence electrons. The normalized spacial score (nSPS) is 67.8. The lowest BCUT2D eigenvalue weighted by Gasteiger charge is -2.39. The van der Waals surface area contributed by atoms with E-state index in [1.165, 1.54) is 6.42 Å². The molecule has 2 bridgehead atoms. The first-order chi connectivity index (χ1) is 5.70. The number of fused-ring (bicyclic) bond motifs is 5. The lowest BCUT2D eigenvalue weighted by atomic mass is 9.84. The molecule has 7 atom stereocenters.